The number of carbonyl (C=O) groups excluding carboxylic acids is 2. The fourth-order valence-corrected chi connectivity index (χ4v) is 3.15. The summed E-state index contributed by atoms with van der Waals surface area (Å²) in [4.78, 5) is 22.8. The molecule has 3 amide bonds. The normalized spacial score (nSPS) is 12.0. The zero-order valence-corrected chi connectivity index (χ0v) is 16.0. The minimum absolute atomic E-state index is 0.358. The van der Waals surface area contributed by atoms with Crippen LogP contribution in [0.3, 0.4) is 0 Å². The number of hydrogen-bond acceptors (Lipinski definition) is 6. The van der Waals surface area contributed by atoms with E-state index in [1.807, 2.05) is 28.8 Å². The second kappa shape index (κ2) is 8.70. The molecule has 0 saturated carbocycles. The van der Waals surface area contributed by atoms with Gasteiger partial charge in [-0.15, -0.1) is 10.2 Å². The number of amides is 3. The molecule has 1 aromatic heterocycles. The van der Waals surface area contributed by atoms with Crippen LogP contribution in [-0.2, 0) is 11.3 Å². The first-order chi connectivity index (χ1) is 12.3. The largest absolute Gasteiger partial charge is 0.497 e. The summed E-state index contributed by atoms with van der Waals surface area (Å²) in [7, 11) is 1.61. The lowest BCUT2D eigenvalue weighted by atomic mass is 10.2. The molecule has 1 aromatic carbocycles. The predicted molar refractivity (Wildman–Crippen MR) is 99.9 cm³/mol. The van der Waals surface area contributed by atoms with E-state index in [9.17, 15) is 9.59 Å². The molecule has 0 bridgehead atoms. The van der Waals surface area contributed by atoms with Crippen LogP contribution in [0.5, 0.6) is 5.75 Å². The van der Waals surface area contributed by atoms with Gasteiger partial charge in [0.25, 0.3) is 0 Å². The summed E-state index contributed by atoms with van der Waals surface area (Å²) >= 11 is 1.23. The van der Waals surface area contributed by atoms with Crippen molar-refractivity contribution in [2.45, 2.75) is 37.7 Å². The molecule has 8 nitrogen and oxygen atoms in total. The van der Waals surface area contributed by atoms with E-state index in [0.29, 0.717) is 23.4 Å². The number of ether oxygens (including phenoxy) is 1. The number of rotatable bonds is 7. The van der Waals surface area contributed by atoms with E-state index in [2.05, 4.69) is 29.4 Å². The van der Waals surface area contributed by atoms with E-state index in [0.717, 1.165) is 11.3 Å². The lowest BCUT2D eigenvalue weighted by molar-refractivity contribution is -0.119. The van der Waals surface area contributed by atoms with Crippen LogP contribution in [0.4, 0.5) is 4.79 Å². The summed E-state index contributed by atoms with van der Waals surface area (Å²) in [5, 5.41) is 10.7. The smallest absolute Gasteiger partial charge is 0.318 e. The third-order valence-corrected chi connectivity index (χ3v) is 4.59. The minimum Gasteiger partial charge on any atom is -0.497 e. The van der Waals surface area contributed by atoms with E-state index < -0.39 is 17.2 Å². The van der Waals surface area contributed by atoms with Gasteiger partial charge >= 0.3 is 6.03 Å². The Morgan fingerprint density at radius 3 is 2.42 bits per heavy atom. The average Bonchev–Trinajstić information content (AvgIpc) is 2.96. The monoisotopic (exact) mass is 377 g/mol. The van der Waals surface area contributed by atoms with Crippen LogP contribution in [-0.4, -0.2) is 39.1 Å². The molecule has 0 saturated heterocycles. The molecule has 3 N–H and O–H groups in total. The molecule has 0 radical (unpaired) electrons. The van der Waals surface area contributed by atoms with Crippen LogP contribution >= 0.6 is 11.8 Å². The molecule has 0 unspecified atom stereocenters. The molecule has 2 aromatic rings. The molecule has 140 valence electrons. The molecule has 2 rings (SSSR count). The maximum Gasteiger partial charge on any atom is 0.318 e. The Hall–Kier alpha value is -2.55. The number of carbonyl (C=O) groups is 2. The Labute approximate surface area is 156 Å². The van der Waals surface area contributed by atoms with Gasteiger partial charge in [-0.3, -0.25) is 10.1 Å². The number of methoxy groups -OCH3 is 1. The first kappa shape index (κ1) is 19.8. The van der Waals surface area contributed by atoms with E-state index >= 15 is 0 Å². The highest BCUT2D eigenvalue weighted by molar-refractivity contribution is 8.00. The number of thioether (sulfide) groups is 1. The highest BCUT2D eigenvalue weighted by Crippen LogP contribution is 2.28. The van der Waals surface area contributed by atoms with E-state index in [1.165, 1.54) is 11.8 Å². The number of hydrogen-bond donors (Lipinski definition) is 2. The minimum atomic E-state index is -0.870. The summed E-state index contributed by atoms with van der Waals surface area (Å²) < 4.78 is 7.16. The molecule has 1 heterocycles. The van der Waals surface area contributed by atoms with Crippen molar-refractivity contribution in [3.05, 3.63) is 24.3 Å². The average molecular weight is 377 g/mol. The second-order valence-corrected chi connectivity index (χ2v) is 7.46. The Balaban J connectivity index is 2.30. The van der Waals surface area contributed by atoms with Crippen molar-refractivity contribution in [3.8, 4) is 17.1 Å². The fraction of sp³-hybridized carbons (Fsp3) is 0.412. The zero-order valence-electron chi connectivity index (χ0n) is 15.2. The highest BCUT2D eigenvalue weighted by atomic mass is 32.2. The van der Waals surface area contributed by atoms with Crippen LogP contribution in [0, 0.1) is 5.92 Å². The Bertz CT molecular complexity index is 773. The van der Waals surface area contributed by atoms with Gasteiger partial charge in [0.15, 0.2) is 11.0 Å². The van der Waals surface area contributed by atoms with Crippen molar-refractivity contribution in [1.29, 1.82) is 0 Å². The number of nitrogens with one attached hydrogen (secondary N) is 1. The Morgan fingerprint density at radius 2 is 1.88 bits per heavy atom. The van der Waals surface area contributed by atoms with E-state index in [-0.39, 0.29) is 0 Å². The lowest BCUT2D eigenvalue weighted by Crippen LogP contribution is -2.39. The van der Waals surface area contributed by atoms with E-state index in [1.54, 1.807) is 14.0 Å². The molecule has 9 heteroatoms. The SMILES string of the molecule is COc1ccc(-c2nnc(S[C@H](C)C(=O)NC(N)=O)n2CC(C)C)cc1. The summed E-state index contributed by atoms with van der Waals surface area (Å²) in [5.74, 6) is 1.37. The van der Waals surface area contributed by atoms with Gasteiger partial charge in [-0.05, 0) is 37.1 Å². The second-order valence-electron chi connectivity index (χ2n) is 6.15. The third kappa shape index (κ3) is 4.98. The predicted octanol–water partition coefficient (Wildman–Crippen LogP) is 2.29. The molecule has 0 aliphatic heterocycles. The van der Waals surface area contributed by atoms with Crippen molar-refractivity contribution in [1.82, 2.24) is 20.1 Å². The van der Waals surface area contributed by atoms with Crippen molar-refractivity contribution in [2.24, 2.45) is 11.7 Å². The molecule has 0 spiro atoms. The maximum absolute atomic E-state index is 11.9. The molecule has 0 aliphatic carbocycles. The molecule has 0 aliphatic rings. The van der Waals surface area contributed by atoms with Crippen molar-refractivity contribution in [3.63, 3.8) is 0 Å². The molecule has 0 fully saturated rings. The summed E-state index contributed by atoms with van der Waals surface area (Å²) in [6.07, 6.45) is 0. The molecular formula is C17H23N5O3S. The number of nitrogens with zero attached hydrogens (tertiary/aromatic N) is 3. The van der Waals surface area contributed by atoms with Crippen LogP contribution in [0.1, 0.15) is 20.8 Å². The Morgan fingerprint density at radius 1 is 1.23 bits per heavy atom. The highest BCUT2D eigenvalue weighted by Gasteiger charge is 2.22. The van der Waals surface area contributed by atoms with Gasteiger partial charge in [-0.25, -0.2) is 4.79 Å². The quantitative estimate of drug-likeness (QED) is 0.716. The number of nitrogens with two attached hydrogens (primary N) is 1. The molecule has 1 atom stereocenters. The van der Waals surface area contributed by atoms with Crippen LogP contribution < -0.4 is 15.8 Å². The van der Waals surface area contributed by atoms with Gasteiger partial charge in [0.1, 0.15) is 5.75 Å². The van der Waals surface area contributed by atoms with Crippen molar-refractivity contribution in [2.75, 3.05) is 7.11 Å². The fourth-order valence-electron chi connectivity index (χ4n) is 2.29. The molecular weight excluding hydrogens is 354 g/mol. The Kier molecular flexibility index (Phi) is 6.62. The van der Waals surface area contributed by atoms with Gasteiger partial charge in [-0.2, -0.15) is 0 Å². The van der Waals surface area contributed by atoms with Gasteiger partial charge in [0.05, 0.1) is 12.4 Å². The topological polar surface area (TPSA) is 112 Å². The standard InChI is InChI=1S/C17H23N5O3S/c1-10(2)9-22-14(12-5-7-13(25-4)8-6-12)20-21-17(22)26-11(3)15(23)19-16(18)24/h5-8,10-11H,9H2,1-4H3,(H3,18,19,23,24)/t11-/m1/s1. The van der Waals surface area contributed by atoms with E-state index in [4.69, 9.17) is 10.5 Å². The number of aromatic nitrogens is 3. The molecule has 26 heavy (non-hydrogen) atoms. The third-order valence-electron chi connectivity index (χ3n) is 3.51. The van der Waals surface area contributed by atoms with Gasteiger partial charge in [0, 0.05) is 12.1 Å². The summed E-state index contributed by atoms with van der Waals surface area (Å²) in [6, 6.07) is 6.68. The van der Waals surface area contributed by atoms with Crippen LogP contribution in [0.25, 0.3) is 11.4 Å². The number of urea groups is 1. The van der Waals surface area contributed by atoms with Crippen molar-refractivity contribution >= 4 is 23.7 Å². The lowest BCUT2D eigenvalue weighted by Gasteiger charge is -2.14. The van der Waals surface area contributed by atoms with Crippen LogP contribution in [0.15, 0.2) is 29.4 Å². The van der Waals surface area contributed by atoms with Gasteiger partial charge in [0.2, 0.25) is 5.91 Å². The zero-order chi connectivity index (χ0) is 19.3. The first-order valence-electron chi connectivity index (χ1n) is 8.16. The number of benzene rings is 1. The summed E-state index contributed by atoms with van der Waals surface area (Å²) in [5.41, 5.74) is 5.90. The number of imide groups is 1. The van der Waals surface area contributed by atoms with Gasteiger partial charge < -0.3 is 15.0 Å². The van der Waals surface area contributed by atoms with Crippen LogP contribution in [0.2, 0.25) is 0 Å². The first-order valence-corrected chi connectivity index (χ1v) is 9.04. The van der Waals surface area contributed by atoms with Gasteiger partial charge in [-0.1, -0.05) is 25.6 Å². The number of primary amides is 1. The van der Waals surface area contributed by atoms with Crippen molar-refractivity contribution < 1.29 is 14.3 Å². The summed E-state index contributed by atoms with van der Waals surface area (Å²) in [6.45, 7) is 6.57. The maximum atomic E-state index is 11.9.